The van der Waals surface area contributed by atoms with Crippen LogP contribution in [0.2, 0.25) is 0 Å². The lowest BCUT2D eigenvalue weighted by Crippen LogP contribution is -2.56. The largest absolute Gasteiger partial charge is 0.491 e. The lowest BCUT2D eigenvalue weighted by molar-refractivity contribution is -0.124. The van der Waals surface area contributed by atoms with E-state index in [-0.39, 0.29) is 24.4 Å². The normalized spacial score (nSPS) is 16.5. The molecule has 0 aliphatic carbocycles. The van der Waals surface area contributed by atoms with E-state index in [0.29, 0.717) is 44.1 Å². The van der Waals surface area contributed by atoms with Gasteiger partial charge >= 0.3 is 0 Å². The molecule has 1 saturated heterocycles. The van der Waals surface area contributed by atoms with Crippen LogP contribution in [0.4, 0.5) is 0 Å². The van der Waals surface area contributed by atoms with Crippen molar-refractivity contribution >= 4 is 11.8 Å². The zero-order chi connectivity index (χ0) is 19.8. The maximum absolute atomic E-state index is 12.9. The summed E-state index contributed by atoms with van der Waals surface area (Å²) in [5, 5.41) is 2.98. The van der Waals surface area contributed by atoms with Gasteiger partial charge in [0, 0.05) is 18.7 Å². The van der Waals surface area contributed by atoms with Crippen molar-refractivity contribution in [1.29, 1.82) is 0 Å². The van der Waals surface area contributed by atoms with E-state index in [4.69, 9.17) is 9.47 Å². The summed E-state index contributed by atoms with van der Waals surface area (Å²) in [6.45, 7) is 4.05. The summed E-state index contributed by atoms with van der Waals surface area (Å²) in [7, 11) is 0. The molecule has 6 nitrogen and oxygen atoms in total. The van der Waals surface area contributed by atoms with Gasteiger partial charge in [-0.25, -0.2) is 0 Å². The second-order valence-corrected chi connectivity index (χ2v) is 6.71. The maximum atomic E-state index is 12.9. The SMILES string of the molecule is CCOCCOc1cccc(C(=O)N2CC(=O)N[C@@H](Cc3ccccc3)C2)c1. The van der Waals surface area contributed by atoms with E-state index in [1.165, 1.54) is 0 Å². The highest BCUT2D eigenvalue weighted by Crippen LogP contribution is 2.17. The van der Waals surface area contributed by atoms with E-state index >= 15 is 0 Å². The molecule has 2 aromatic rings. The molecule has 148 valence electrons. The van der Waals surface area contributed by atoms with Gasteiger partial charge in [-0.1, -0.05) is 36.4 Å². The van der Waals surface area contributed by atoms with Gasteiger partial charge in [-0.05, 0) is 37.1 Å². The number of rotatable bonds is 8. The van der Waals surface area contributed by atoms with Gasteiger partial charge in [0.05, 0.1) is 19.2 Å². The van der Waals surface area contributed by atoms with Crippen LogP contribution < -0.4 is 10.1 Å². The van der Waals surface area contributed by atoms with Crippen molar-refractivity contribution in [2.24, 2.45) is 0 Å². The van der Waals surface area contributed by atoms with Crippen molar-refractivity contribution < 1.29 is 19.1 Å². The Morgan fingerprint density at radius 2 is 1.96 bits per heavy atom. The zero-order valence-electron chi connectivity index (χ0n) is 16.1. The van der Waals surface area contributed by atoms with Gasteiger partial charge in [-0.15, -0.1) is 0 Å². The van der Waals surface area contributed by atoms with E-state index in [1.54, 1.807) is 23.1 Å². The van der Waals surface area contributed by atoms with Crippen LogP contribution in [0.5, 0.6) is 5.75 Å². The third-order valence-corrected chi connectivity index (χ3v) is 4.53. The Labute approximate surface area is 165 Å². The number of hydrogen-bond acceptors (Lipinski definition) is 4. The van der Waals surface area contributed by atoms with E-state index in [9.17, 15) is 9.59 Å². The van der Waals surface area contributed by atoms with Crippen molar-refractivity contribution in [2.75, 3.05) is 32.9 Å². The van der Waals surface area contributed by atoms with Crippen LogP contribution >= 0.6 is 0 Å². The Bertz CT molecular complexity index is 794. The van der Waals surface area contributed by atoms with Gasteiger partial charge < -0.3 is 19.7 Å². The number of hydrogen-bond donors (Lipinski definition) is 1. The number of carbonyl (C=O) groups excluding carboxylic acids is 2. The molecule has 0 bridgehead atoms. The molecular weight excluding hydrogens is 356 g/mol. The van der Waals surface area contributed by atoms with E-state index in [2.05, 4.69) is 5.32 Å². The molecule has 0 radical (unpaired) electrons. The number of piperazine rings is 1. The Hall–Kier alpha value is -2.86. The fourth-order valence-corrected chi connectivity index (χ4v) is 3.26. The number of amides is 2. The molecule has 1 aliphatic rings. The van der Waals surface area contributed by atoms with Crippen molar-refractivity contribution in [3.05, 3.63) is 65.7 Å². The van der Waals surface area contributed by atoms with Crippen LogP contribution in [-0.2, 0) is 16.0 Å². The van der Waals surface area contributed by atoms with Gasteiger partial charge in [0.1, 0.15) is 12.4 Å². The average Bonchev–Trinajstić information content (AvgIpc) is 2.71. The smallest absolute Gasteiger partial charge is 0.254 e. The lowest BCUT2D eigenvalue weighted by atomic mass is 10.0. The molecule has 1 atom stereocenters. The molecule has 1 N–H and O–H groups in total. The number of nitrogens with zero attached hydrogens (tertiary/aromatic N) is 1. The van der Waals surface area contributed by atoms with E-state index in [1.807, 2.05) is 43.3 Å². The summed E-state index contributed by atoms with van der Waals surface area (Å²) >= 11 is 0. The van der Waals surface area contributed by atoms with Gasteiger partial charge in [0.15, 0.2) is 0 Å². The third kappa shape index (κ3) is 5.57. The van der Waals surface area contributed by atoms with Crippen molar-refractivity contribution in [2.45, 2.75) is 19.4 Å². The number of carbonyl (C=O) groups is 2. The minimum Gasteiger partial charge on any atom is -0.491 e. The van der Waals surface area contributed by atoms with Crippen molar-refractivity contribution in [1.82, 2.24) is 10.2 Å². The third-order valence-electron chi connectivity index (χ3n) is 4.53. The predicted octanol–water partition coefficient (Wildman–Crippen LogP) is 2.29. The average molecular weight is 382 g/mol. The summed E-state index contributed by atoms with van der Waals surface area (Å²) in [5.74, 6) is 0.320. The molecule has 0 spiro atoms. The highest BCUT2D eigenvalue weighted by atomic mass is 16.5. The second-order valence-electron chi connectivity index (χ2n) is 6.71. The molecule has 28 heavy (non-hydrogen) atoms. The summed E-state index contributed by atoms with van der Waals surface area (Å²) in [6.07, 6.45) is 0.691. The summed E-state index contributed by atoms with van der Waals surface area (Å²) in [6, 6.07) is 16.9. The Balaban J connectivity index is 1.63. The molecule has 1 fully saturated rings. The molecule has 3 rings (SSSR count). The first-order chi connectivity index (χ1) is 13.7. The molecule has 2 aromatic carbocycles. The van der Waals surface area contributed by atoms with Crippen molar-refractivity contribution in [3.63, 3.8) is 0 Å². The molecule has 1 heterocycles. The van der Waals surface area contributed by atoms with Gasteiger partial charge in [0.2, 0.25) is 5.91 Å². The van der Waals surface area contributed by atoms with Crippen LogP contribution in [0.3, 0.4) is 0 Å². The monoisotopic (exact) mass is 382 g/mol. The van der Waals surface area contributed by atoms with Crippen LogP contribution in [0.1, 0.15) is 22.8 Å². The molecular formula is C22H26N2O4. The Morgan fingerprint density at radius 1 is 1.14 bits per heavy atom. The van der Waals surface area contributed by atoms with Crippen LogP contribution in [0, 0.1) is 0 Å². The minimum absolute atomic E-state index is 0.0690. The Kier molecular flexibility index (Phi) is 7.03. The Morgan fingerprint density at radius 3 is 2.75 bits per heavy atom. The fourth-order valence-electron chi connectivity index (χ4n) is 3.26. The fraction of sp³-hybridized carbons (Fsp3) is 0.364. The predicted molar refractivity (Wildman–Crippen MR) is 106 cm³/mol. The number of ether oxygens (including phenoxy) is 2. The zero-order valence-corrected chi connectivity index (χ0v) is 16.1. The molecule has 0 aromatic heterocycles. The molecule has 0 saturated carbocycles. The van der Waals surface area contributed by atoms with Crippen molar-refractivity contribution in [3.8, 4) is 5.75 Å². The van der Waals surface area contributed by atoms with Crippen LogP contribution in [0.15, 0.2) is 54.6 Å². The summed E-state index contributed by atoms with van der Waals surface area (Å²) in [4.78, 5) is 26.7. The number of benzene rings is 2. The first-order valence-corrected chi connectivity index (χ1v) is 9.59. The molecule has 1 aliphatic heterocycles. The highest BCUT2D eigenvalue weighted by Gasteiger charge is 2.28. The maximum Gasteiger partial charge on any atom is 0.254 e. The lowest BCUT2D eigenvalue weighted by Gasteiger charge is -2.33. The highest BCUT2D eigenvalue weighted by molar-refractivity contribution is 5.97. The quantitative estimate of drug-likeness (QED) is 0.712. The van der Waals surface area contributed by atoms with E-state index in [0.717, 1.165) is 5.56 Å². The van der Waals surface area contributed by atoms with Crippen LogP contribution in [0.25, 0.3) is 0 Å². The molecule has 6 heteroatoms. The molecule has 0 unspecified atom stereocenters. The van der Waals surface area contributed by atoms with Gasteiger partial charge in [0.25, 0.3) is 5.91 Å². The standard InChI is InChI=1S/C22H26N2O4/c1-2-27-11-12-28-20-10-6-9-18(14-20)22(26)24-15-19(23-21(25)16-24)13-17-7-4-3-5-8-17/h3-10,14,19H,2,11-13,15-16H2,1H3,(H,23,25)/t19-/m0/s1. The minimum atomic E-state index is -0.164. The first-order valence-electron chi connectivity index (χ1n) is 9.59. The first kappa shape index (κ1) is 19.9. The molecule has 2 amide bonds. The summed E-state index contributed by atoms with van der Waals surface area (Å²) < 4.78 is 10.9. The number of nitrogens with one attached hydrogen (secondary N) is 1. The second kappa shape index (κ2) is 9.90. The summed E-state index contributed by atoms with van der Waals surface area (Å²) in [5.41, 5.74) is 1.65. The van der Waals surface area contributed by atoms with Crippen LogP contribution in [-0.4, -0.2) is 55.7 Å². The van der Waals surface area contributed by atoms with Gasteiger partial charge in [-0.2, -0.15) is 0 Å². The van der Waals surface area contributed by atoms with Gasteiger partial charge in [-0.3, -0.25) is 9.59 Å². The van der Waals surface area contributed by atoms with E-state index < -0.39 is 0 Å². The topological polar surface area (TPSA) is 67.9 Å².